The normalized spacial score (nSPS) is 12.1. The van der Waals surface area contributed by atoms with E-state index in [1.165, 1.54) is 0 Å². The van der Waals surface area contributed by atoms with Gasteiger partial charge in [-0.1, -0.05) is 25.6 Å². The molecule has 5 nitrogen and oxygen atoms in total. The third-order valence-corrected chi connectivity index (χ3v) is 4.28. The van der Waals surface area contributed by atoms with E-state index in [1.807, 2.05) is 25.3 Å². The first-order valence-corrected chi connectivity index (χ1v) is 7.00. The van der Waals surface area contributed by atoms with E-state index in [4.69, 9.17) is 5.73 Å². The minimum atomic E-state index is -0.613. The van der Waals surface area contributed by atoms with Crippen molar-refractivity contribution < 1.29 is 5.11 Å². The van der Waals surface area contributed by atoms with E-state index >= 15 is 0 Å². The molecular weight excluding hydrogens is 236 g/mol. The first kappa shape index (κ1) is 14.5. The second-order valence-electron chi connectivity index (χ2n) is 4.19. The molecule has 1 heterocycles. The molecule has 17 heavy (non-hydrogen) atoms. The van der Waals surface area contributed by atoms with Crippen molar-refractivity contribution in [2.45, 2.75) is 50.9 Å². The van der Waals surface area contributed by atoms with Crippen molar-refractivity contribution in [2.24, 2.45) is 5.73 Å². The summed E-state index contributed by atoms with van der Waals surface area (Å²) in [5.74, 6) is 1.51. The molecule has 0 radical (unpaired) electrons. The van der Waals surface area contributed by atoms with Gasteiger partial charge in [0.15, 0.2) is 5.16 Å². The van der Waals surface area contributed by atoms with Crippen molar-refractivity contribution in [1.29, 1.82) is 0 Å². The van der Waals surface area contributed by atoms with Gasteiger partial charge in [-0.2, -0.15) is 0 Å². The fraction of sp³-hybridized carbons (Fsp3) is 0.818. The molecule has 0 saturated carbocycles. The number of aromatic nitrogens is 3. The highest BCUT2D eigenvalue weighted by Crippen LogP contribution is 2.25. The molecule has 0 amide bonds. The van der Waals surface area contributed by atoms with Crippen molar-refractivity contribution in [3.63, 3.8) is 0 Å². The van der Waals surface area contributed by atoms with Gasteiger partial charge in [-0.05, 0) is 19.8 Å². The summed E-state index contributed by atoms with van der Waals surface area (Å²) < 4.78 is 2.00. The molecule has 0 unspecified atom stereocenters. The number of nitrogens with zero attached hydrogens (tertiary/aromatic N) is 3. The number of hydrogen-bond donors (Lipinski definition) is 2. The SMILES string of the molecule is CCC(O)(CC)CSc1nnc(C)n1CCN. The van der Waals surface area contributed by atoms with Gasteiger partial charge in [0.05, 0.1) is 5.60 Å². The van der Waals surface area contributed by atoms with Gasteiger partial charge in [0.1, 0.15) is 5.82 Å². The lowest BCUT2D eigenvalue weighted by Crippen LogP contribution is -2.29. The third kappa shape index (κ3) is 3.69. The Morgan fingerprint density at radius 2 is 2.00 bits per heavy atom. The summed E-state index contributed by atoms with van der Waals surface area (Å²) in [5, 5.41) is 19.2. The predicted molar refractivity (Wildman–Crippen MR) is 70.1 cm³/mol. The number of thioether (sulfide) groups is 1. The maximum Gasteiger partial charge on any atom is 0.191 e. The van der Waals surface area contributed by atoms with Crippen LogP contribution in [0.4, 0.5) is 0 Å². The third-order valence-electron chi connectivity index (χ3n) is 3.04. The van der Waals surface area contributed by atoms with Gasteiger partial charge in [-0.25, -0.2) is 0 Å². The molecular formula is C11H22N4OS. The zero-order valence-electron chi connectivity index (χ0n) is 10.8. The summed E-state index contributed by atoms with van der Waals surface area (Å²) in [5.41, 5.74) is 4.94. The van der Waals surface area contributed by atoms with Crippen LogP contribution in [0.2, 0.25) is 0 Å². The van der Waals surface area contributed by atoms with Crippen molar-refractivity contribution in [2.75, 3.05) is 12.3 Å². The highest BCUT2D eigenvalue weighted by atomic mass is 32.2. The van der Waals surface area contributed by atoms with Crippen molar-refractivity contribution in [3.8, 4) is 0 Å². The average molecular weight is 258 g/mol. The Kier molecular flexibility index (Phi) is 5.42. The molecule has 0 saturated heterocycles. The Morgan fingerprint density at radius 3 is 2.53 bits per heavy atom. The Balaban J connectivity index is 2.68. The minimum Gasteiger partial charge on any atom is -0.389 e. The molecule has 6 heteroatoms. The molecule has 3 N–H and O–H groups in total. The summed E-state index contributed by atoms with van der Waals surface area (Å²) >= 11 is 1.55. The lowest BCUT2D eigenvalue weighted by atomic mass is 10.0. The Labute approximate surface area is 107 Å². The number of hydrogen-bond acceptors (Lipinski definition) is 5. The van der Waals surface area contributed by atoms with Crippen LogP contribution in [0.1, 0.15) is 32.5 Å². The van der Waals surface area contributed by atoms with Gasteiger partial charge in [-0.3, -0.25) is 0 Å². The summed E-state index contributed by atoms with van der Waals surface area (Å²) in [6.45, 7) is 7.20. The quantitative estimate of drug-likeness (QED) is 0.718. The lowest BCUT2D eigenvalue weighted by Gasteiger charge is -2.24. The van der Waals surface area contributed by atoms with E-state index in [1.54, 1.807) is 11.8 Å². The topological polar surface area (TPSA) is 77.0 Å². The van der Waals surface area contributed by atoms with Crippen LogP contribution in [0.25, 0.3) is 0 Å². The molecule has 0 bridgehead atoms. The van der Waals surface area contributed by atoms with Crippen molar-refractivity contribution in [1.82, 2.24) is 14.8 Å². The predicted octanol–water partition coefficient (Wildman–Crippen LogP) is 1.19. The zero-order chi connectivity index (χ0) is 12.9. The second-order valence-corrected chi connectivity index (χ2v) is 5.13. The summed E-state index contributed by atoms with van der Waals surface area (Å²) in [4.78, 5) is 0. The number of nitrogens with two attached hydrogens (primary N) is 1. The summed E-state index contributed by atoms with van der Waals surface area (Å²) in [7, 11) is 0. The Bertz CT molecular complexity index is 349. The van der Waals surface area contributed by atoms with Gasteiger partial charge in [0, 0.05) is 18.8 Å². The van der Waals surface area contributed by atoms with E-state index in [0.717, 1.165) is 30.4 Å². The second kappa shape index (κ2) is 6.37. The van der Waals surface area contributed by atoms with E-state index < -0.39 is 5.60 Å². The molecule has 0 atom stereocenters. The highest BCUT2D eigenvalue weighted by molar-refractivity contribution is 7.99. The fourth-order valence-corrected chi connectivity index (χ4v) is 2.79. The van der Waals surface area contributed by atoms with E-state index in [9.17, 15) is 5.11 Å². The standard InChI is InChI=1S/C11H22N4OS/c1-4-11(16,5-2)8-17-10-14-13-9(3)15(10)7-6-12/h16H,4-8,12H2,1-3H3. The first-order valence-electron chi connectivity index (χ1n) is 6.01. The van der Waals surface area contributed by atoms with E-state index in [2.05, 4.69) is 10.2 Å². The van der Waals surface area contributed by atoms with Gasteiger partial charge >= 0.3 is 0 Å². The van der Waals surface area contributed by atoms with Crippen LogP contribution in [-0.4, -0.2) is 37.8 Å². The van der Waals surface area contributed by atoms with Crippen LogP contribution in [0.5, 0.6) is 0 Å². The summed E-state index contributed by atoms with van der Waals surface area (Å²) in [6, 6.07) is 0. The number of aliphatic hydroxyl groups is 1. The van der Waals surface area contributed by atoms with Crippen LogP contribution < -0.4 is 5.73 Å². The molecule has 0 aliphatic heterocycles. The average Bonchev–Trinajstić information content (AvgIpc) is 2.69. The summed E-state index contributed by atoms with van der Waals surface area (Å²) in [6.07, 6.45) is 1.50. The maximum atomic E-state index is 10.2. The van der Waals surface area contributed by atoms with Crippen LogP contribution >= 0.6 is 11.8 Å². The Morgan fingerprint density at radius 1 is 1.35 bits per heavy atom. The number of rotatable bonds is 7. The maximum absolute atomic E-state index is 10.2. The van der Waals surface area contributed by atoms with Gasteiger partial charge < -0.3 is 15.4 Å². The number of aryl methyl sites for hydroxylation is 1. The van der Waals surface area contributed by atoms with Gasteiger partial charge in [0.2, 0.25) is 0 Å². The molecule has 0 aliphatic rings. The molecule has 0 aliphatic carbocycles. The monoisotopic (exact) mass is 258 g/mol. The zero-order valence-corrected chi connectivity index (χ0v) is 11.6. The minimum absolute atomic E-state index is 0.568. The molecule has 98 valence electrons. The smallest absolute Gasteiger partial charge is 0.191 e. The molecule has 0 fully saturated rings. The molecule has 1 rings (SSSR count). The van der Waals surface area contributed by atoms with Crippen molar-refractivity contribution in [3.05, 3.63) is 5.82 Å². The largest absolute Gasteiger partial charge is 0.389 e. The first-order chi connectivity index (χ1) is 8.06. The Hall–Kier alpha value is -0.590. The molecule has 0 spiro atoms. The lowest BCUT2D eigenvalue weighted by molar-refractivity contribution is 0.0571. The highest BCUT2D eigenvalue weighted by Gasteiger charge is 2.23. The van der Waals surface area contributed by atoms with Crippen LogP contribution in [-0.2, 0) is 6.54 Å². The van der Waals surface area contributed by atoms with Crippen LogP contribution in [0.15, 0.2) is 5.16 Å². The van der Waals surface area contributed by atoms with Gasteiger partial charge in [-0.15, -0.1) is 10.2 Å². The van der Waals surface area contributed by atoms with Crippen LogP contribution in [0, 0.1) is 6.92 Å². The molecule has 0 aromatic carbocycles. The van der Waals surface area contributed by atoms with E-state index in [-0.39, 0.29) is 0 Å². The fourth-order valence-electron chi connectivity index (χ4n) is 1.51. The van der Waals surface area contributed by atoms with Gasteiger partial charge in [0.25, 0.3) is 0 Å². The molecule has 1 aromatic heterocycles. The van der Waals surface area contributed by atoms with Crippen molar-refractivity contribution >= 4 is 11.8 Å². The van der Waals surface area contributed by atoms with E-state index in [0.29, 0.717) is 12.3 Å². The molecule has 1 aromatic rings. The van der Waals surface area contributed by atoms with Crippen LogP contribution in [0.3, 0.4) is 0 Å².